The summed E-state index contributed by atoms with van der Waals surface area (Å²) in [5.41, 5.74) is -0.0921. The van der Waals surface area contributed by atoms with Crippen molar-refractivity contribution in [2.75, 3.05) is 47.1 Å². The molecule has 0 unspecified atom stereocenters. The molecule has 0 atom stereocenters. The molecule has 0 aliphatic carbocycles. The van der Waals surface area contributed by atoms with Crippen molar-refractivity contribution in [2.45, 2.75) is 6.42 Å². The van der Waals surface area contributed by atoms with Crippen LogP contribution in [0.4, 0.5) is 8.78 Å². The smallest absolute Gasteiger partial charge is 0.179 e. The molecule has 21 heavy (non-hydrogen) atoms. The van der Waals surface area contributed by atoms with E-state index in [2.05, 4.69) is 0 Å². The monoisotopic (exact) mass is 301 g/mol. The molecule has 118 valence electrons. The third-order valence-electron chi connectivity index (χ3n) is 3.03. The molecule has 0 heterocycles. The highest BCUT2D eigenvalue weighted by Crippen LogP contribution is 2.11. The minimum Gasteiger partial charge on any atom is -0.385 e. The first-order valence-electron chi connectivity index (χ1n) is 6.77. The van der Waals surface area contributed by atoms with Crippen LogP contribution in [0.2, 0.25) is 0 Å². The molecule has 0 radical (unpaired) electrons. The van der Waals surface area contributed by atoms with Crippen LogP contribution >= 0.6 is 0 Å². The summed E-state index contributed by atoms with van der Waals surface area (Å²) in [6, 6.07) is 2.98. The van der Waals surface area contributed by atoms with Crippen LogP contribution in [-0.2, 0) is 9.47 Å². The fourth-order valence-electron chi connectivity index (χ4n) is 1.93. The molecule has 6 heteroatoms. The first-order valence-corrected chi connectivity index (χ1v) is 6.77. The second kappa shape index (κ2) is 9.55. The van der Waals surface area contributed by atoms with Crippen molar-refractivity contribution in [1.82, 2.24) is 4.90 Å². The lowest BCUT2D eigenvalue weighted by molar-refractivity contribution is 0.0874. The van der Waals surface area contributed by atoms with Crippen LogP contribution in [0.3, 0.4) is 0 Å². The molecule has 0 saturated heterocycles. The van der Waals surface area contributed by atoms with Crippen LogP contribution in [0.5, 0.6) is 0 Å². The third kappa shape index (κ3) is 6.29. The Morgan fingerprint density at radius 3 is 2.48 bits per heavy atom. The maximum atomic E-state index is 13.6. The van der Waals surface area contributed by atoms with Gasteiger partial charge >= 0.3 is 0 Å². The van der Waals surface area contributed by atoms with E-state index in [0.29, 0.717) is 26.3 Å². The van der Waals surface area contributed by atoms with Gasteiger partial charge in [0.05, 0.1) is 18.7 Å². The average Bonchev–Trinajstić information content (AvgIpc) is 2.44. The summed E-state index contributed by atoms with van der Waals surface area (Å²) in [4.78, 5) is 14.0. The lowest BCUT2D eigenvalue weighted by Gasteiger charge is -2.21. The number of carbonyl (C=O) groups is 1. The number of ketones is 1. The van der Waals surface area contributed by atoms with Crippen LogP contribution in [0.1, 0.15) is 16.8 Å². The Kier molecular flexibility index (Phi) is 8.04. The standard InChI is InChI=1S/C15H21F2NO3/c1-20-8-3-6-18(7-9-21-2)11-15(19)13-5-4-12(16)10-14(13)17/h4-5,10H,3,6-9,11H2,1-2H3. The lowest BCUT2D eigenvalue weighted by atomic mass is 10.1. The van der Waals surface area contributed by atoms with Crippen molar-refractivity contribution < 1.29 is 23.0 Å². The molecular formula is C15H21F2NO3. The summed E-state index contributed by atoms with van der Waals surface area (Å²) in [5.74, 6) is -1.90. The van der Waals surface area contributed by atoms with Gasteiger partial charge < -0.3 is 9.47 Å². The van der Waals surface area contributed by atoms with Crippen LogP contribution < -0.4 is 0 Å². The highest BCUT2D eigenvalue weighted by Gasteiger charge is 2.16. The van der Waals surface area contributed by atoms with Crippen molar-refractivity contribution in [1.29, 1.82) is 0 Å². The minimum atomic E-state index is -0.830. The summed E-state index contributed by atoms with van der Waals surface area (Å²) in [6.45, 7) is 2.34. The summed E-state index contributed by atoms with van der Waals surface area (Å²) in [5, 5.41) is 0. The number of nitrogens with zero attached hydrogens (tertiary/aromatic N) is 1. The zero-order valence-electron chi connectivity index (χ0n) is 12.4. The van der Waals surface area contributed by atoms with Gasteiger partial charge in [0.1, 0.15) is 11.6 Å². The van der Waals surface area contributed by atoms with Gasteiger partial charge in [-0.1, -0.05) is 0 Å². The number of benzene rings is 1. The van der Waals surface area contributed by atoms with E-state index in [1.165, 1.54) is 6.07 Å². The number of carbonyl (C=O) groups excluding carboxylic acids is 1. The number of hydrogen-bond acceptors (Lipinski definition) is 4. The van der Waals surface area contributed by atoms with E-state index in [0.717, 1.165) is 18.6 Å². The molecule has 0 bridgehead atoms. The zero-order chi connectivity index (χ0) is 15.7. The number of Topliss-reactive ketones (excluding diaryl/α,β-unsaturated/α-hetero) is 1. The summed E-state index contributed by atoms with van der Waals surface area (Å²) >= 11 is 0. The topological polar surface area (TPSA) is 38.8 Å². The quantitative estimate of drug-likeness (QED) is 0.490. The SMILES string of the molecule is COCCCN(CCOC)CC(=O)c1ccc(F)cc1F. The van der Waals surface area contributed by atoms with Gasteiger partial charge in [-0.2, -0.15) is 0 Å². The Bertz CT molecular complexity index is 455. The highest BCUT2D eigenvalue weighted by molar-refractivity contribution is 5.97. The van der Waals surface area contributed by atoms with Gasteiger partial charge in [-0.3, -0.25) is 9.69 Å². The third-order valence-corrected chi connectivity index (χ3v) is 3.03. The maximum Gasteiger partial charge on any atom is 0.179 e. The van der Waals surface area contributed by atoms with E-state index < -0.39 is 11.6 Å². The predicted molar refractivity (Wildman–Crippen MR) is 75.5 cm³/mol. The van der Waals surface area contributed by atoms with Gasteiger partial charge in [-0.25, -0.2) is 8.78 Å². The Labute approximate surface area is 123 Å². The maximum absolute atomic E-state index is 13.6. The van der Waals surface area contributed by atoms with E-state index >= 15 is 0 Å². The summed E-state index contributed by atoms with van der Waals surface area (Å²) in [6.07, 6.45) is 0.763. The number of halogens is 2. The van der Waals surface area contributed by atoms with Crippen molar-refractivity contribution in [3.63, 3.8) is 0 Å². The molecular weight excluding hydrogens is 280 g/mol. The molecule has 1 aromatic rings. The number of methoxy groups -OCH3 is 2. The van der Waals surface area contributed by atoms with E-state index in [9.17, 15) is 13.6 Å². The van der Waals surface area contributed by atoms with Crippen molar-refractivity contribution >= 4 is 5.78 Å². The molecule has 0 N–H and O–H groups in total. The molecule has 0 amide bonds. The Hall–Kier alpha value is -1.37. The molecule has 0 spiro atoms. The molecule has 0 saturated carbocycles. The second-order valence-electron chi connectivity index (χ2n) is 4.66. The molecule has 4 nitrogen and oxygen atoms in total. The van der Waals surface area contributed by atoms with Crippen molar-refractivity contribution in [3.8, 4) is 0 Å². The fourth-order valence-corrected chi connectivity index (χ4v) is 1.93. The lowest BCUT2D eigenvalue weighted by Crippen LogP contribution is -2.34. The van der Waals surface area contributed by atoms with Crippen molar-refractivity contribution in [3.05, 3.63) is 35.4 Å². The zero-order valence-corrected chi connectivity index (χ0v) is 12.4. The van der Waals surface area contributed by atoms with E-state index in [1.807, 2.05) is 4.90 Å². The van der Waals surface area contributed by atoms with Crippen LogP contribution in [0.25, 0.3) is 0 Å². The Morgan fingerprint density at radius 2 is 1.86 bits per heavy atom. The molecule has 1 aromatic carbocycles. The number of ether oxygens (including phenoxy) is 2. The normalized spacial score (nSPS) is 11.1. The average molecular weight is 301 g/mol. The van der Waals surface area contributed by atoms with Gasteiger partial charge in [0, 0.05) is 40.0 Å². The van der Waals surface area contributed by atoms with Crippen LogP contribution in [0, 0.1) is 11.6 Å². The minimum absolute atomic E-state index is 0.0651. The van der Waals surface area contributed by atoms with E-state index in [1.54, 1.807) is 14.2 Å². The largest absolute Gasteiger partial charge is 0.385 e. The summed E-state index contributed by atoms with van der Waals surface area (Å²) in [7, 11) is 3.19. The Balaban J connectivity index is 2.64. The number of hydrogen-bond donors (Lipinski definition) is 0. The van der Waals surface area contributed by atoms with Gasteiger partial charge in [-0.15, -0.1) is 0 Å². The molecule has 1 rings (SSSR count). The Morgan fingerprint density at radius 1 is 1.14 bits per heavy atom. The van der Waals surface area contributed by atoms with Gasteiger partial charge in [-0.05, 0) is 18.6 Å². The molecule has 0 aromatic heterocycles. The van der Waals surface area contributed by atoms with E-state index in [-0.39, 0.29) is 17.9 Å². The van der Waals surface area contributed by atoms with Gasteiger partial charge in [0.25, 0.3) is 0 Å². The van der Waals surface area contributed by atoms with Crippen LogP contribution in [0.15, 0.2) is 18.2 Å². The second-order valence-corrected chi connectivity index (χ2v) is 4.66. The van der Waals surface area contributed by atoms with Gasteiger partial charge in [0.15, 0.2) is 5.78 Å². The summed E-state index contributed by atoms with van der Waals surface area (Å²) < 4.78 is 36.4. The fraction of sp³-hybridized carbons (Fsp3) is 0.533. The predicted octanol–water partition coefficient (Wildman–Crippen LogP) is 2.13. The molecule has 0 aliphatic rings. The first kappa shape index (κ1) is 17.7. The van der Waals surface area contributed by atoms with E-state index in [4.69, 9.17) is 9.47 Å². The highest BCUT2D eigenvalue weighted by atomic mass is 19.1. The first-order chi connectivity index (χ1) is 10.1. The number of rotatable bonds is 10. The van der Waals surface area contributed by atoms with Gasteiger partial charge in [0.2, 0.25) is 0 Å². The van der Waals surface area contributed by atoms with Crippen LogP contribution in [-0.4, -0.2) is 57.8 Å². The van der Waals surface area contributed by atoms with Crippen molar-refractivity contribution in [2.24, 2.45) is 0 Å². The molecule has 0 fully saturated rings. The molecule has 0 aliphatic heterocycles.